The van der Waals surface area contributed by atoms with E-state index in [1.54, 1.807) is 6.07 Å². The average molecular weight is 272 g/mol. The van der Waals surface area contributed by atoms with Gasteiger partial charge in [-0.15, -0.1) is 0 Å². The quantitative estimate of drug-likeness (QED) is 0.486. The second-order valence-electron chi connectivity index (χ2n) is 5.40. The van der Waals surface area contributed by atoms with Crippen LogP contribution in [0.5, 0.6) is 0 Å². The molecule has 100 valence electrons. The number of rotatable bonds is 0. The summed E-state index contributed by atoms with van der Waals surface area (Å²) in [6.45, 7) is 1.87. The molecule has 0 spiro atoms. The van der Waals surface area contributed by atoms with Crippen LogP contribution in [-0.2, 0) is 0 Å². The van der Waals surface area contributed by atoms with Crippen molar-refractivity contribution in [3.63, 3.8) is 0 Å². The molecule has 0 bridgehead atoms. The first-order chi connectivity index (χ1) is 10.2. The van der Waals surface area contributed by atoms with Crippen molar-refractivity contribution >= 4 is 22.3 Å². The lowest BCUT2D eigenvalue weighted by molar-refractivity contribution is 0.0979. The second-order valence-corrected chi connectivity index (χ2v) is 5.40. The molecule has 0 N–H and O–H groups in total. The highest BCUT2D eigenvalue weighted by atomic mass is 16.1. The van der Waals surface area contributed by atoms with Crippen molar-refractivity contribution in [1.29, 1.82) is 0 Å². The van der Waals surface area contributed by atoms with E-state index in [4.69, 9.17) is 0 Å². The van der Waals surface area contributed by atoms with Gasteiger partial charge in [-0.2, -0.15) is 0 Å². The summed E-state index contributed by atoms with van der Waals surface area (Å²) >= 11 is 0. The molecule has 2 heteroatoms. The van der Waals surface area contributed by atoms with Gasteiger partial charge in [0.25, 0.3) is 0 Å². The van der Waals surface area contributed by atoms with Crippen molar-refractivity contribution in [2.24, 2.45) is 0 Å². The fourth-order valence-electron chi connectivity index (χ4n) is 3.05. The molecule has 0 fully saturated rings. The van der Waals surface area contributed by atoms with Crippen molar-refractivity contribution in [2.75, 3.05) is 0 Å². The molecule has 2 nitrogen and oxygen atoms in total. The van der Waals surface area contributed by atoms with Crippen LogP contribution in [0.2, 0.25) is 0 Å². The van der Waals surface area contributed by atoms with E-state index < -0.39 is 0 Å². The molecule has 4 rings (SSSR count). The van der Waals surface area contributed by atoms with E-state index in [-0.39, 0.29) is 11.6 Å². The van der Waals surface area contributed by atoms with E-state index in [0.717, 1.165) is 16.3 Å². The van der Waals surface area contributed by atoms with Crippen LogP contribution in [0.3, 0.4) is 0 Å². The molecule has 21 heavy (non-hydrogen) atoms. The molecule has 0 saturated heterocycles. The topological polar surface area (TPSA) is 34.1 Å². The lowest BCUT2D eigenvalue weighted by Crippen LogP contribution is -2.21. The van der Waals surface area contributed by atoms with Crippen LogP contribution in [0.15, 0.2) is 54.6 Å². The Kier molecular flexibility index (Phi) is 2.36. The van der Waals surface area contributed by atoms with Crippen LogP contribution in [0.4, 0.5) is 0 Å². The minimum absolute atomic E-state index is 0.0524. The molecule has 0 unspecified atom stereocenters. The summed E-state index contributed by atoms with van der Waals surface area (Å²) in [5.74, 6) is -0.113. The van der Waals surface area contributed by atoms with Crippen LogP contribution in [-0.4, -0.2) is 11.6 Å². The maximum Gasteiger partial charge on any atom is 0.194 e. The molecule has 1 aliphatic carbocycles. The molecule has 0 aromatic heterocycles. The Morgan fingerprint density at radius 3 is 1.95 bits per heavy atom. The number of carbonyl (C=O) groups is 2. The van der Waals surface area contributed by atoms with Gasteiger partial charge in [0.1, 0.15) is 0 Å². The van der Waals surface area contributed by atoms with Gasteiger partial charge in [-0.05, 0) is 35.4 Å². The first-order valence-corrected chi connectivity index (χ1v) is 6.88. The summed E-state index contributed by atoms with van der Waals surface area (Å²) in [7, 11) is 0. The molecular weight excluding hydrogens is 260 g/mol. The molecule has 0 atom stereocenters. The number of hydrogen-bond acceptors (Lipinski definition) is 2. The lowest BCUT2D eigenvalue weighted by atomic mass is 9.81. The van der Waals surface area contributed by atoms with Crippen molar-refractivity contribution < 1.29 is 9.59 Å². The zero-order valence-corrected chi connectivity index (χ0v) is 11.5. The monoisotopic (exact) mass is 272 g/mol. The Morgan fingerprint density at radius 1 is 0.667 bits per heavy atom. The van der Waals surface area contributed by atoms with Gasteiger partial charge in [0.2, 0.25) is 0 Å². The van der Waals surface area contributed by atoms with E-state index in [0.29, 0.717) is 22.3 Å². The van der Waals surface area contributed by atoms with E-state index in [1.165, 1.54) is 0 Å². The van der Waals surface area contributed by atoms with Gasteiger partial charge >= 0.3 is 0 Å². The fraction of sp³-hybridized carbons (Fsp3) is 0.0526. The molecule has 0 aliphatic heterocycles. The summed E-state index contributed by atoms with van der Waals surface area (Å²) in [4.78, 5) is 25.5. The first-order valence-electron chi connectivity index (χ1n) is 6.88. The number of aryl methyl sites for hydroxylation is 1. The number of fused-ring (bicyclic) bond motifs is 3. The molecule has 1 aliphatic rings. The standard InChI is InChI=1S/C19H12O2/c1-11-5-4-8-14-17(11)19(21)16-10-13-7-3-2-6-12(13)9-15(16)18(14)20/h2-10H,1H3. The Morgan fingerprint density at radius 2 is 1.29 bits per heavy atom. The highest BCUT2D eigenvalue weighted by Crippen LogP contribution is 2.31. The van der Waals surface area contributed by atoms with Crippen LogP contribution in [0.1, 0.15) is 37.4 Å². The van der Waals surface area contributed by atoms with E-state index in [1.807, 2.05) is 55.5 Å². The zero-order valence-electron chi connectivity index (χ0n) is 11.5. The molecule has 0 amide bonds. The summed E-state index contributed by atoms with van der Waals surface area (Å²) in [5.41, 5.74) is 2.94. The van der Waals surface area contributed by atoms with Gasteiger partial charge in [0.05, 0.1) is 0 Å². The Hall–Kier alpha value is -2.74. The van der Waals surface area contributed by atoms with Crippen molar-refractivity contribution in [1.82, 2.24) is 0 Å². The number of benzene rings is 3. The lowest BCUT2D eigenvalue weighted by Gasteiger charge is -2.19. The Labute approximate surface area is 122 Å². The Bertz CT molecular complexity index is 935. The third kappa shape index (κ3) is 1.59. The molecule has 0 saturated carbocycles. The highest BCUT2D eigenvalue weighted by Gasteiger charge is 2.30. The predicted molar refractivity (Wildman–Crippen MR) is 82.0 cm³/mol. The Balaban J connectivity index is 2.09. The third-order valence-corrected chi connectivity index (χ3v) is 4.12. The molecular formula is C19H12O2. The maximum absolute atomic E-state index is 12.8. The van der Waals surface area contributed by atoms with Gasteiger partial charge in [0, 0.05) is 22.3 Å². The van der Waals surface area contributed by atoms with Crippen LogP contribution in [0, 0.1) is 6.92 Å². The highest BCUT2D eigenvalue weighted by molar-refractivity contribution is 6.30. The molecule has 3 aromatic carbocycles. The smallest absolute Gasteiger partial charge is 0.194 e. The molecule has 3 aromatic rings. The maximum atomic E-state index is 12.8. The SMILES string of the molecule is Cc1cccc2c1C(=O)c1cc3ccccc3cc1C2=O. The van der Waals surface area contributed by atoms with Gasteiger partial charge in [-0.1, -0.05) is 42.5 Å². The van der Waals surface area contributed by atoms with Crippen molar-refractivity contribution in [3.05, 3.63) is 82.4 Å². The van der Waals surface area contributed by atoms with E-state index in [2.05, 4.69) is 0 Å². The first kappa shape index (κ1) is 12.0. The summed E-state index contributed by atoms with van der Waals surface area (Å²) in [6, 6.07) is 16.9. The third-order valence-electron chi connectivity index (χ3n) is 4.12. The molecule has 0 heterocycles. The minimum Gasteiger partial charge on any atom is -0.289 e. The van der Waals surface area contributed by atoms with E-state index >= 15 is 0 Å². The number of carbonyl (C=O) groups excluding carboxylic acids is 2. The second kappa shape index (κ2) is 4.13. The number of ketones is 2. The molecule has 0 radical (unpaired) electrons. The van der Waals surface area contributed by atoms with Crippen molar-refractivity contribution in [3.8, 4) is 0 Å². The van der Waals surface area contributed by atoms with Gasteiger partial charge in [0.15, 0.2) is 11.6 Å². The zero-order chi connectivity index (χ0) is 14.6. The van der Waals surface area contributed by atoms with Crippen LogP contribution in [0.25, 0.3) is 10.8 Å². The average Bonchev–Trinajstić information content (AvgIpc) is 2.51. The minimum atomic E-state index is -0.0611. The predicted octanol–water partition coefficient (Wildman–Crippen LogP) is 3.92. The van der Waals surface area contributed by atoms with Gasteiger partial charge < -0.3 is 0 Å². The normalized spacial score (nSPS) is 13.2. The van der Waals surface area contributed by atoms with E-state index in [9.17, 15) is 9.59 Å². The summed E-state index contributed by atoms with van der Waals surface area (Å²) in [5, 5.41) is 1.96. The van der Waals surface area contributed by atoms with Gasteiger partial charge in [-0.25, -0.2) is 0 Å². The van der Waals surface area contributed by atoms with Crippen molar-refractivity contribution in [2.45, 2.75) is 6.92 Å². The summed E-state index contributed by atoms with van der Waals surface area (Å²) < 4.78 is 0. The number of hydrogen-bond donors (Lipinski definition) is 0. The fourth-order valence-corrected chi connectivity index (χ4v) is 3.05. The van der Waals surface area contributed by atoms with Crippen LogP contribution < -0.4 is 0 Å². The van der Waals surface area contributed by atoms with Gasteiger partial charge in [-0.3, -0.25) is 9.59 Å². The van der Waals surface area contributed by atoms with Crippen LogP contribution >= 0.6 is 0 Å². The largest absolute Gasteiger partial charge is 0.289 e. The summed E-state index contributed by atoms with van der Waals surface area (Å²) in [6.07, 6.45) is 0.